The van der Waals surface area contributed by atoms with Crippen molar-refractivity contribution < 1.29 is 24.2 Å². The number of nitrogens with zero attached hydrogens (tertiary/aromatic N) is 2. The number of benzene rings is 3. The zero-order valence-corrected chi connectivity index (χ0v) is 24.0. The molecule has 0 radical (unpaired) electrons. The van der Waals surface area contributed by atoms with Crippen molar-refractivity contribution in [1.82, 2.24) is 0 Å². The minimum atomic E-state index is -2.78. The summed E-state index contributed by atoms with van der Waals surface area (Å²) in [7, 11) is -2.78. The number of rotatable bonds is 8. The van der Waals surface area contributed by atoms with Crippen molar-refractivity contribution in [3.8, 4) is 0 Å². The molecule has 2 aliphatic heterocycles. The molecule has 204 valence electrons. The Morgan fingerprint density at radius 1 is 1.08 bits per heavy atom. The van der Waals surface area contributed by atoms with Crippen LogP contribution in [0, 0.1) is 5.92 Å². The predicted octanol–water partition coefficient (Wildman–Crippen LogP) is 5.36. The summed E-state index contributed by atoms with van der Waals surface area (Å²) < 4.78 is 6.61. The van der Waals surface area contributed by atoms with E-state index in [1.807, 2.05) is 80.7 Å². The Labute approximate surface area is 234 Å². The molecule has 7 nitrogen and oxygen atoms in total. The lowest BCUT2D eigenvalue weighted by molar-refractivity contribution is -0.146. The number of halogens is 1. The van der Waals surface area contributed by atoms with Crippen molar-refractivity contribution in [2.45, 2.75) is 50.2 Å². The first-order chi connectivity index (χ1) is 18.6. The van der Waals surface area contributed by atoms with Crippen molar-refractivity contribution in [1.29, 1.82) is 0 Å². The number of carbonyl (C=O) groups is 2. The maximum absolute atomic E-state index is 14.4. The number of fused-ring (bicyclic) bond motifs is 2. The molecule has 2 heterocycles. The second kappa shape index (κ2) is 10.5. The van der Waals surface area contributed by atoms with E-state index in [9.17, 15) is 19.5 Å². The maximum Gasteiger partial charge on any atom is 0.264 e. The second-order valence-corrected chi connectivity index (χ2v) is 15.3. The van der Waals surface area contributed by atoms with Gasteiger partial charge in [0.15, 0.2) is 13.9 Å². The summed E-state index contributed by atoms with van der Waals surface area (Å²) in [6.07, 6.45) is 0.653. The zero-order chi connectivity index (χ0) is 27.9. The molecule has 9 heteroatoms. The van der Waals surface area contributed by atoms with Crippen molar-refractivity contribution in [2.24, 2.45) is 5.92 Å². The molecule has 1 saturated heterocycles. The molecule has 0 aliphatic carbocycles. The average molecular weight is 565 g/mol. The van der Waals surface area contributed by atoms with E-state index in [1.165, 1.54) is 0 Å². The van der Waals surface area contributed by atoms with Crippen LogP contribution in [0.2, 0.25) is 23.7 Å². The van der Waals surface area contributed by atoms with Gasteiger partial charge in [-0.05, 0) is 67.5 Å². The summed E-state index contributed by atoms with van der Waals surface area (Å²) in [5.41, 5.74) is 2.10. The van der Waals surface area contributed by atoms with Gasteiger partial charge < -0.3 is 19.5 Å². The number of ether oxygens (including phenoxy) is 1. The molecule has 0 aromatic heterocycles. The van der Waals surface area contributed by atoms with Gasteiger partial charge in [-0.25, -0.2) is 0 Å². The molecule has 0 unspecified atom stereocenters. The highest BCUT2D eigenvalue weighted by Crippen LogP contribution is 2.60. The average Bonchev–Trinajstić information content (AvgIpc) is 3.32. The maximum atomic E-state index is 14.4. The Morgan fingerprint density at radius 3 is 2.46 bits per heavy atom. The number of aliphatic hydroxyl groups excluding tert-OH is 1. The van der Waals surface area contributed by atoms with Crippen LogP contribution in [0.4, 0.5) is 17.1 Å². The minimum absolute atomic E-state index is 0.101. The number of aliphatic hydroxyl groups is 1. The first-order valence-electron chi connectivity index (χ1n) is 13.1. The van der Waals surface area contributed by atoms with Crippen LogP contribution in [0.1, 0.15) is 24.5 Å². The lowest BCUT2D eigenvalue weighted by atomic mass is 9.82. The molecule has 39 heavy (non-hydrogen) atoms. The van der Waals surface area contributed by atoms with Crippen LogP contribution in [-0.4, -0.2) is 43.2 Å². The number of para-hydroxylation sites is 1. The Kier molecular flexibility index (Phi) is 7.43. The van der Waals surface area contributed by atoms with E-state index in [0.717, 1.165) is 17.7 Å². The summed E-state index contributed by atoms with van der Waals surface area (Å²) in [5, 5.41) is 10.3. The smallest absolute Gasteiger partial charge is 0.264 e. The molecule has 2 amide bonds. The van der Waals surface area contributed by atoms with Crippen LogP contribution < -0.4 is 9.80 Å². The molecular formula is C30H33ClN2O5Si. The molecule has 2 aliphatic rings. The zero-order valence-electron chi connectivity index (χ0n) is 22.3. The van der Waals surface area contributed by atoms with Crippen LogP contribution in [-0.2, 0) is 26.5 Å². The summed E-state index contributed by atoms with van der Waals surface area (Å²) in [6.45, 7) is 5.83. The highest BCUT2D eigenvalue weighted by Gasteiger charge is 2.66. The molecule has 5 rings (SSSR count). The lowest BCUT2D eigenvalue weighted by Gasteiger charge is -2.32. The second-order valence-electron chi connectivity index (χ2n) is 10.9. The standard InChI is InChI=1S/C30H33ClN2O5Si/c1-20-28(39(2,3)37)27(14-15-34)38-30(20)25-17-22(31)12-13-26(25)32(29(30)36)18-21-8-7-11-24(16-21)33(19-35)23-9-5-4-6-10-23/h4-13,16-17,19-20,27-28,34,37H,14-15,18H2,1-3H3/t20-,27+,28-,30+/m1/s1. The van der Waals surface area contributed by atoms with Crippen LogP contribution >= 0.6 is 11.6 Å². The van der Waals surface area contributed by atoms with Crippen molar-refractivity contribution >= 4 is 49.3 Å². The molecule has 2 N–H and O–H groups in total. The fourth-order valence-corrected chi connectivity index (χ4v) is 9.23. The normalized spacial score (nSPS) is 24.3. The van der Waals surface area contributed by atoms with Gasteiger partial charge in [-0.1, -0.05) is 48.9 Å². The molecular weight excluding hydrogens is 532 g/mol. The van der Waals surface area contributed by atoms with Gasteiger partial charge in [0.05, 0.1) is 18.3 Å². The number of hydrogen-bond acceptors (Lipinski definition) is 5. The van der Waals surface area contributed by atoms with Crippen molar-refractivity contribution in [3.63, 3.8) is 0 Å². The summed E-state index contributed by atoms with van der Waals surface area (Å²) >= 11 is 6.44. The Morgan fingerprint density at radius 2 is 1.79 bits per heavy atom. The topological polar surface area (TPSA) is 90.3 Å². The summed E-state index contributed by atoms with van der Waals surface area (Å²) in [6, 6.07) is 22.3. The highest BCUT2D eigenvalue weighted by atomic mass is 35.5. The van der Waals surface area contributed by atoms with Gasteiger partial charge in [0, 0.05) is 40.0 Å². The summed E-state index contributed by atoms with van der Waals surface area (Å²) in [5.74, 6) is -0.540. The third-order valence-electron chi connectivity index (χ3n) is 8.03. The van der Waals surface area contributed by atoms with Crippen LogP contribution in [0.25, 0.3) is 0 Å². The SMILES string of the molecule is C[C@@H]1[C@@H]([Si](C)(C)O)[C@H](CCO)O[C@@]12C(=O)N(Cc1cccc(N(C=O)c3ccccc3)c1)c1ccc(Cl)cc12. The van der Waals surface area contributed by atoms with Crippen LogP contribution in [0.3, 0.4) is 0 Å². The van der Waals surface area contributed by atoms with Gasteiger partial charge in [0.25, 0.3) is 5.91 Å². The van der Waals surface area contributed by atoms with E-state index in [4.69, 9.17) is 16.3 Å². The van der Waals surface area contributed by atoms with E-state index in [2.05, 4.69) is 0 Å². The lowest BCUT2D eigenvalue weighted by Crippen LogP contribution is -2.46. The van der Waals surface area contributed by atoms with Gasteiger partial charge in [0.1, 0.15) is 0 Å². The molecule has 3 aromatic carbocycles. The van der Waals surface area contributed by atoms with Crippen molar-refractivity contribution in [3.05, 3.63) is 88.9 Å². The molecule has 4 atom stereocenters. The number of hydrogen-bond donors (Lipinski definition) is 2. The van der Waals surface area contributed by atoms with E-state index in [0.29, 0.717) is 28.4 Å². The van der Waals surface area contributed by atoms with E-state index >= 15 is 0 Å². The predicted molar refractivity (Wildman–Crippen MR) is 155 cm³/mol. The van der Waals surface area contributed by atoms with Gasteiger partial charge >= 0.3 is 0 Å². The van der Waals surface area contributed by atoms with Crippen molar-refractivity contribution in [2.75, 3.05) is 16.4 Å². The largest absolute Gasteiger partial charge is 0.432 e. The van der Waals surface area contributed by atoms with E-state index in [1.54, 1.807) is 21.9 Å². The minimum Gasteiger partial charge on any atom is -0.432 e. The van der Waals surface area contributed by atoms with Gasteiger partial charge in [-0.3, -0.25) is 14.5 Å². The quantitative estimate of drug-likeness (QED) is 0.284. The monoisotopic (exact) mass is 564 g/mol. The highest BCUT2D eigenvalue weighted by molar-refractivity contribution is 6.71. The third kappa shape index (κ3) is 4.70. The van der Waals surface area contributed by atoms with Gasteiger partial charge in [0.2, 0.25) is 6.41 Å². The first kappa shape index (κ1) is 27.5. The van der Waals surface area contributed by atoms with Crippen LogP contribution in [0.15, 0.2) is 72.8 Å². The molecule has 1 spiro atoms. The van der Waals surface area contributed by atoms with Gasteiger partial charge in [-0.2, -0.15) is 0 Å². The molecule has 0 saturated carbocycles. The van der Waals surface area contributed by atoms with E-state index < -0.39 is 20.0 Å². The third-order valence-corrected chi connectivity index (χ3v) is 10.8. The molecule has 1 fully saturated rings. The Hall–Kier alpha value is -3.01. The van der Waals surface area contributed by atoms with Crippen LogP contribution in [0.5, 0.6) is 0 Å². The fourth-order valence-electron chi connectivity index (χ4n) is 6.45. The molecule has 3 aromatic rings. The number of carbonyl (C=O) groups excluding carboxylic acids is 2. The fraction of sp³-hybridized carbons (Fsp3) is 0.333. The van der Waals surface area contributed by atoms with Gasteiger partial charge in [-0.15, -0.1) is 0 Å². The first-order valence-corrected chi connectivity index (χ1v) is 16.5. The van der Waals surface area contributed by atoms with E-state index in [-0.39, 0.29) is 30.5 Å². The Bertz CT molecular complexity index is 1380. The number of anilines is 3. The number of amides is 2. The molecule has 0 bridgehead atoms. The Balaban J connectivity index is 1.54. The summed E-state index contributed by atoms with van der Waals surface area (Å²) in [4.78, 5) is 40.9.